The molecule has 0 saturated carbocycles. The third kappa shape index (κ3) is 3.82. The number of nitrogens with zero attached hydrogens (tertiary/aromatic N) is 5. The van der Waals surface area contributed by atoms with E-state index in [1.807, 2.05) is 12.1 Å². The third-order valence-electron chi connectivity index (χ3n) is 4.61. The monoisotopic (exact) mass is 384 g/mol. The molecule has 0 aromatic carbocycles. The number of anilines is 1. The number of nitrogens with one attached hydrogen (secondary N) is 1. The number of hydrogen-bond donors (Lipinski definition) is 1. The Hall–Kier alpha value is -2.81. The maximum absolute atomic E-state index is 12.6. The number of aromatic nitrogens is 4. The second-order valence-corrected chi connectivity index (χ2v) is 7.61. The van der Waals surface area contributed by atoms with Gasteiger partial charge in [0.05, 0.1) is 5.92 Å². The average molecular weight is 384 g/mol. The lowest BCUT2D eigenvalue weighted by Crippen LogP contribution is -2.43. The molecular weight excluding hydrogens is 364 g/mol. The highest BCUT2D eigenvalue weighted by Crippen LogP contribution is 2.27. The first kappa shape index (κ1) is 17.6. The molecule has 1 unspecified atom stereocenters. The summed E-state index contributed by atoms with van der Waals surface area (Å²) in [5.41, 5.74) is 1.48. The highest BCUT2D eigenvalue weighted by Gasteiger charge is 2.27. The minimum atomic E-state index is -0.178. The molecule has 0 radical (unpaired) electrons. The Balaban J connectivity index is 1.45. The standard InChI is InChI=1S/C18H20N6O2S/c1-12-8-15(25)24-17(21-12)27-18(22-24)23-7-3-5-14(11-23)16(26)20-10-13-4-2-6-19-9-13/h2,4,6,8-9,14H,3,5,7,10-11H2,1H3,(H,20,26). The van der Waals surface area contributed by atoms with Crippen LogP contribution in [0.4, 0.5) is 5.13 Å². The summed E-state index contributed by atoms with van der Waals surface area (Å²) in [4.78, 5) is 35.7. The molecule has 27 heavy (non-hydrogen) atoms. The zero-order valence-electron chi connectivity index (χ0n) is 15.0. The van der Waals surface area contributed by atoms with Crippen LogP contribution >= 0.6 is 11.3 Å². The maximum Gasteiger partial charge on any atom is 0.275 e. The van der Waals surface area contributed by atoms with Crippen molar-refractivity contribution in [2.45, 2.75) is 26.3 Å². The second kappa shape index (κ2) is 7.43. The summed E-state index contributed by atoms with van der Waals surface area (Å²) in [6, 6.07) is 5.27. The van der Waals surface area contributed by atoms with Crippen molar-refractivity contribution >= 4 is 27.3 Å². The summed E-state index contributed by atoms with van der Waals surface area (Å²) in [7, 11) is 0. The first-order valence-corrected chi connectivity index (χ1v) is 9.71. The lowest BCUT2D eigenvalue weighted by Gasteiger charge is -2.31. The normalized spacial score (nSPS) is 17.2. The molecule has 1 atom stereocenters. The van der Waals surface area contributed by atoms with Gasteiger partial charge < -0.3 is 10.2 Å². The number of hydrogen-bond acceptors (Lipinski definition) is 7. The van der Waals surface area contributed by atoms with Crippen LogP contribution in [-0.4, -0.2) is 38.6 Å². The number of fused-ring (bicyclic) bond motifs is 1. The van der Waals surface area contributed by atoms with Gasteiger partial charge in [0.15, 0.2) is 0 Å². The Morgan fingerprint density at radius 3 is 3.15 bits per heavy atom. The molecule has 3 aromatic heterocycles. The molecule has 1 aliphatic heterocycles. The number of rotatable bonds is 4. The zero-order valence-corrected chi connectivity index (χ0v) is 15.8. The van der Waals surface area contributed by atoms with Crippen LogP contribution in [0.1, 0.15) is 24.1 Å². The summed E-state index contributed by atoms with van der Waals surface area (Å²) in [5.74, 6) is -0.0651. The molecule has 1 N–H and O–H groups in total. The molecule has 0 bridgehead atoms. The van der Waals surface area contributed by atoms with Crippen LogP contribution in [0.25, 0.3) is 4.96 Å². The molecule has 1 amide bonds. The molecule has 1 saturated heterocycles. The Kier molecular flexibility index (Phi) is 4.85. The predicted molar refractivity (Wildman–Crippen MR) is 103 cm³/mol. The van der Waals surface area contributed by atoms with Crippen LogP contribution < -0.4 is 15.8 Å². The van der Waals surface area contributed by atoms with Crippen LogP contribution in [0, 0.1) is 12.8 Å². The molecular formula is C18H20N6O2S. The van der Waals surface area contributed by atoms with Crippen molar-refractivity contribution < 1.29 is 4.79 Å². The minimum Gasteiger partial charge on any atom is -0.352 e. The number of carbonyl (C=O) groups excluding carboxylic acids is 1. The van der Waals surface area contributed by atoms with E-state index in [4.69, 9.17) is 0 Å². The van der Waals surface area contributed by atoms with Gasteiger partial charge in [-0.25, -0.2) is 4.98 Å². The second-order valence-electron chi connectivity index (χ2n) is 6.68. The number of piperidine rings is 1. The van der Waals surface area contributed by atoms with Crippen molar-refractivity contribution in [3.63, 3.8) is 0 Å². The van der Waals surface area contributed by atoms with Gasteiger partial charge in [0.25, 0.3) is 5.56 Å². The maximum atomic E-state index is 12.6. The molecule has 3 aromatic rings. The largest absolute Gasteiger partial charge is 0.352 e. The van der Waals surface area contributed by atoms with E-state index in [2.05, 4.69) is 25.3 Å². The Bertz CT molecular complexity index is 1020. The fraction of sp³-hybridized carbons (Fsp3) is 0.389. The van der Waals surface area contributed by atoms with E-state index < -0.39 is 0 Å². The highest BCUT2D eigenvalue weighted by molar-refractivity contribution is 7.20. The van der Waals surface area contributed by atoms with E-state index in [-0.39, 0.29) is 17.4 Å². The van der Waals surface area contributed by atoms with Crippen molar-refractivity contribution in [3.8, 4) is 0 Å². The van der Waals surface area contributed by atoms with E-state index >= 15 is 0 Å². The topological polar surface area (TPSA) is 92.5 Å². The average Bonchev–Trinajstić information content (AvgIpc) is 3.11. The van der Waals surface area contributed by atoms with Gasteiger partial charge in [0.1, 0.15) is 0 Å². The quantitative estimate of drug-likeness (QED) is 0.731. The molecule has 140 valence electrons. The van der Waals surface area contributed by atoms with Gasteiger partial charge in [-0.15, -0.1) is 5.10 Å². The molecule has 1 fully saturated rings. The van der Waals surface area contributed by atoms with Gasteiger partial charge in [0, 0.05) is 43.8 Å². The number of aryl methyl sites for hydroxylation is 1. The zero-order chi connectivity index (χ0) is 18.8. The van der Waals surface area contributed by atoms with E-state index in [9.17, 15) is 9.59 Å². The summed E-state index contributed by atoms with van der Waals surface area (Å²) in [5, 5.41) is 8.14. The van der Waals surface area contributed by atoms with Crippen molar-refractivity contribution in [1.82, 2.24) is 24.9 Å². The van der Waals surface area contributed by atoms with Crippen LogP contribution in [0.15, 0.2) is 35.4 Å². The van der Waals surface area contributed by atoms with E-state index in [0.29, 0.717) is 23.7 Å². The number of amides is 1. The minimum absolute atomic E-state index is 0.0378. The Labute approximate surface area is 159 Å². The highest BCUT2D eigenvalue weighted by atomic mass is 32.1. The number of carbonyl (C=O) groups is 1. The van der Waals surface area contributed by atoms with Gasteiger partial charge in [-0.2, -0.15) is 4.52 Å². The van der Waals surface area contributed by atoms with Crippen molar-refractivity contribution in [2.75, 3.05) is 18.0 Å². The van der Waals surface area contributed by atoms with Crippen molar-refractivity contribution in [2.24, 2.45) is 5.92 Å². The predicted octanol–water partition coefficient (Wildman–Crippen LogP) is 1.39. The fourth-order valence-electron chi connectivity index (χ4n) is 3.24. The SMILES string of the molecule is Cc1cc(=O)n2nc(N3CCCC(C(=O)NCc4cccnc4)C3)sc2n1. The van der Waals surface area contributed by atoms with Gasteiger partial charge in [-0.1, -0.05) is 17.4 Å². The molecule has 9 heteroatoms. The van der Waals surface area contributed by atoms with Crippen LogP contribution in [0.5, 0.6) is 0 Å². The Morgan fingerprint density at radius 2 is 2.33 bits per heavy atom. The molecule has 4 rings (SSSR count). The lowest BCUT2D eigenvalue weighted by atomic mass is 9.97. The fourth-order valence-corrected chi connectivity index (χ4v) is 4.23. The summed E-state index contributed by atoms with van der Waals surface area (Å²) in [6.07, 6.45) is 5.21. The van der Waals surface area contributed by atoms with E-state index in [1.165, 1.54) is 21.9 Å². The molecule has 0 aliphatic carbocycles. The van der Waals surface area contributed by atoms with E-state index in [0.717, 1.165) is 30.1 Å². The first-order valence-electron chi connectivity index (χ1n) is 8.89. The lowest BCUT2D eigenvalue weighted by molar-refractivity contribution is -0.125. The molecule has 1 aliphatic rings. The summed E-state index contributed by atoms with van der Waals surface area (Å²) < 4.78 is 1.33. The summed E-state index contributed by atoms with van der Waals surface area (Å²) >= 11 is 1.38. The van der Waals surface area contributed by atoms with E-state index in [1.54, 1.807) is 19.3 Å². The Morgan fingerprint density at radius 1 is 1.44 bits per heavy atom. The molecule has 4 heterocycles. The third-order valence-corrected chi connectivity index (χ3v) is 5.58. The van der Waals surface area contributed by atoms with Crippen molar-refractivity contribution in [1.29, 1.82) is 0 Å². The smallest absolute Gasteiger partial charge is 0.275 e. The van der Waals surface area contributed by atoms with Gasteiger partial charge in [0.2, 0.25) is 16.0 Å². The van der Waals surface area contributed by atoms with Crippen LogP contribution in [0.2, 0.25) is 0 Å². The summed E-state index contributed by atoms with van der Waals surface area (Å²) in [6.45, 7) is 3.68. The molecule has 8 nitrogen and oxygen atoms in total. The van der Waals surface area contributed by atoms with Crippen LogP contribution in [0.3, 0.4) is 0 Å². The van der Waals surface area contributed by atoms with Gasteiger partial charge in [-0.05, 0) is 31.4 Å². The number of pyridine rings is 1. The van der Waals surface area contributed by atoms with Gasteiger partial charge >= 0.3 is 0 Å². The van der Waals surface area contributed by atoms with Crippen molar-refractivity contribution in [3.05, 3.63) is 52.2 Å². The van der Waals surface area contributed by atoms with Crippen LogP contribution in [-0.2, 0) is 11.3 Å². The van der Waals surface area contributed by atoms with Gasteiger partial charge in [-0.3, -0.25) is 14.6 Å². The molecule has 0 spiro atoms. The first-order chi connectivity index (χ1) is 13.1.